The zero-order valence-corrected chi connectivity index (χ0v) is 8.92. The van der Waals surface area contributed by atoms with Gasteiger partial charge in [0.2, 0.25) is 0 Å². The fourth-order valence-electron chi connectivity index (χ4n) is 1.00. The summed E-state index contributed by atoms with van der Waals surface area (Å²) in [6, 6.07) is 8.37. The van der Waals surface area contributed by atoms with Gasteiger partial charge in [0.1, 0.15) is 0 Å². The first kappa shape index (κ1) is 20.8. The average Bonchev–Trinajstić information content (AvgIpc) is 2.30. The molecule has 0 bridgehead atoms. The third-order valence-corrected chi connectivity index (χ3v) is 1.74. The molecule has 0 fully saturated rings. The van der Waals surface area contributed by atoms with E-state index >= 15 is 0 Å². The normalized spacial score (nSPS) is 9.61. The van der Waals surface area contributed by atoms with Crippen molar-refractivity contribution in [3.63, 3.8) is 0 Å². The topological polar surface area (TPSA) is 43.4 Å². The van der Waals surface area contributed by atoms with E-state index in [4.69, 9.17) is 0 Å². The van der Waals surface area contributed by atoms with Gasteiger partial charge >= 0.3 is 92.9 Å². The van der Waals surface area contributed by atoms with Crippen LogP contribution >= 0.6 is 0 Å². The van der Waals surface area contributed by atoms with Crippen molar-refractivity contribution in [3.05, 3.63) is 60.2 Å². The van der Waals surface area contributed by atoms with Gasteiger partial charge in [-0.25, -0.2) is 9.59 Å². The Morgan fingerprint density at radius 1 is 1.11 bits per heavy atom. The third kappa shape index (κ3) is 8.56. The Labute approximate surface area is 171 Å². The summed E-state index contributed by atoms with van der Waals surface area (Å²) in [6.07, 6.45) is 6.15. The minimum absolute atomic E-state index is 0. The first-order valence-corrected chi connectivity index (χ1v) is 4.84. The van der Waals surface area contributed by atoms with Crippen LogP contribution in [0.3, 0.4) is 0 Å². The Balaban J connectivity index is 0. The Hall–Kier alpha value is 0.476. The number of hydrogen-bond donors (Lipinski definition) is 0. The quantitative estimate of drug-likeness (QED) is 0.275. The summed E-state index contributed by atoms with van der Waals surface area (Å²) in [5.74, 6) is -1.32. The summed E-state index contributed by atoms with van der Waals surface area (Å²) in [5.41, 5.74) is 0.357. The summed E-state index contributed by atoms with van der Waals surface area (Å²) < 4.78 is 4.58. The van der Waals surface area contributed by atoms with Crippen molar-refractivity contribution < 1.29 is 14.3 Å². The summed E-state index contributed by atoms with van der Waals surface area (Å²) in [7, 11) is 0. The molecular weight excluding hydrogens is 266 g/mol. The fraction of sp³-hybridized carbons (Fsp3) is 0.0769. The van der Waals surface area contributed by atoms with Crippen molar-refractivity contribution >= 4 is 92.9 Å². The van der Waals surface area contributed by atoms with Crippen LogP contribution in [0.4, 0.5) is 0 Å². The SMILES string of the molecule is C/C=C/C=C/C(=O)OC(=O)c1ccccc1.[KH].[NaH]. The van der Waals surface area contributed by atoms with E-state index < -0.39 is 11.9 Å². The van der Waals surface area contributed by atoms with Gasteiger partial charge in [-0.2, -0.15) is 0 Å². The number of allylic oxidation sites excluding steroid dienone is 3. The number of ether oxygens (including phenoxy) is 1. The van der Waals surface area contributed by atoms with Crippen LogP contribution in [-0.2, 0) is 9.53 Å². The van der Waals surface area contributed by atoms with Crippen molar-refractivity contribution in [3.8, 4) is 0 Å². The van der Waals surface area contributed by atoms with Crippen molar-refractivity contribution in [2.75, 3.05) is 0 Å². The zero-order valence-electron chi connectivity index (χ0n) is 8.92. The first-order valence-electron chi connectivity index (χ1n) is 4.84. The number of carbonyl (C=O) groups excluding carboxylic acids is 2. The molecule has 1 aromatic carbocycles. The molecule has 0 N–H and O–H groups in total. The number of benzene rings is 1. The molecule has 0 aliphatic carbocycles. The van der Waals surface area contributed by atoms with Crippen LogP contribution in [0.5, 0.6) is 0 Å². The van der Waals surface area contributed by atoms with E-state index in [1.54, 1.807) is 42.5 Å². The van der Waals surface area contributed by atoms with E-state index in [1.165, 1.54) is 12.2 Å². The molecule has 0 aliphatic rings. The van der Waals surface area contributed by atoms with Crippen molar-refractivity contribution in [2.45, 2.75) is 6.92 Å². The van der Waals surface area contributed by atoms with Gasteiger partial charge in [0.15, 0.2) is 0 Å². The molecule has 0 atom stereocenters. The minimum atomic E-state index is -0.674. The molecule has 0 aromatic heterocycles. The monoisotopic (exact) mass is 280 g/mol. The van der Waals surface area contributed by atoms with Crippen LogP contribution in [0.2, 0.25) is 0 Å². The van der Waals surface area contributed by atoms with Crippen LogP contribution in [0.25, 0.3) is 0 Å². The fourth-order valence-corrected chi connectivity index (χ4v) is 1.00. The van der Waals surface area contributed by atoms with Crippen LogP contribution in [0.15, 0.2) is 54.6 Å². The molecule has 0 saturated heterocycles. The molecular formula is C13H14KNaO3. The molecule has 1 rings (SSSR count). The second kappa shape index (κ2) is 12.5. The molecule has 0 saturated carbocycles. The Morgan fingerprint density at radius 2 is 1.72 bits per heavy atom. The predicted molar refractivity (Wildman–Crippen MR) is 75.1 cm³/mol. The van der Waals surface area contributed by atoms with Gasteiger partial charge in [-0.15, -0.1) is 0 Å². The van der Waals surface area contributed by atoms with Gasteiger partial charge in [0.25, 0.3) is 0 Å². The van der Waals surface area contributed by atoms with E-state index in [0.717, 1.165) is 0 Å². The van der Waals surface area contributed by atoms with E-state index in [-0.39, 0.29) is 80.9 Å². The second-order valence-electron chi connectivity index (χ2n) is 2.96. The van der Waals surface area contributed by atoms with E-state index in [9.17, 15) is 9.59 Å². The van der Waals surface area contributed by atoms with Gasteiger partial charge < -0.3 is 4.74 Å². The van der Waals surface area contributed by atoms with Gasteiger partial charge in [-0.05, 0) is 19.1 Å². The molecule has 0 unspecified atom stereocenters. The molecule has 1 aromatic rings. The second-order valence-corrected chi connectivity index (χ2v) is 2.96. The first-order chi connectivity index (χ1) is 7.74. The summed E-state index contributed by atoms with van der Waals surface area (Å²) >= 11 is 0. The summed E-state index contributed by atoms with van der Waals surface area (Å²) in [5, 5.41) is 0. The molecule has 5 heteroatoms. The van der Waals surface area contributed by atoms with E-state index in [1.807, 2.05) is 6.92 Å². The maximum absolute atomic E-state index is 11.4. The summed E-state index contributed by atoms with van der Waals surface area (Å²) in [4.78, 5) is 22.5. The maximum atomic E-state index is 11.4. The Morgan fingerprint density at radius 3 is 2.28 bits per heavy atom. The molecule has 86 valence electrons. The van der Waals surface area contributed by atoms with Crippen LogP contribution in [-0.4, -0.2) is 92.9 Å². The molecule has 0 heterocycles. The number of esters is 2. The van der Waals surface area contributed by atoms with Gasteiger partial charge in [0.05, 0.1) is 5.56 Å². The predicted octanol–water partition coefficient (Wildman–Crippen LogP) is 1.21. The van der Waals surface area contributed by atoms with Crippen LogP contribution < -0.4 is 0 Å². The van der Waals surface area contributed by atoms with E-state index in [2.05, 4.69) is 4.74 Å². The molecule has 18 heavy (non-hydrogen) atoms. The summed E-state index contributed by atoms with van der Waals surface area (Å²) in [6.45, 7) is 1.82. The Kier molecular flexibility index (Phi) is 14.4. The zero-order chi connectivity index (χ0) is 11.8. The van der Waals surface area contributed by atoms with Gasteiger partial charge in [-0.3, -0.25) is 0 Å². The third-order valence-electron chi connectivity index (χ3n) is 1.74. The molecule has 0 aliphatic heterocycles. The van der Waals surface area contributed by atoms with Gasteiger partial charge in [0, 0.05) is 6.08 Å². The van der Waals surface area contributed by atoms with Gasteiger partial charge in [-0.1, -0.05) is 36.4 Å². The van der Waals surface area contributed by atoms with Crippen molar-refractivity contribution in [2.24, 2.45) is 0 Å². The standard InChI is InChI=1S/C13H12O3.K.Na.2H/c1-2-3-5-10-12(14)16-13(15)11-8-6-4-7-9-11;;;;/h2-10H,1H3;;;;/b3-2+,10-5+;;;;. The molecule has 0 radical (unpaired) electrons. The number of hydrogen-bond acceptors (Lipinski definition) is 3. The van der Waals surface area contributed by atoms with Crippen LogP contribution in [0, 0.1) is 0 Å². The van der Waals surface area contributed by atoms with Crippen LogP contribution in [0.1, 0.15) is 17.3 Å². The molecule has 0 amide bonds. The average molecular weight is 280 g/mol. The van der Waals surface area contributed by atoms with Crippen molar-refractivity contribution in [1.82, 2.24) is 0 Å². The van der Waals surface area contributed by atoms with E-state index in [0.29, 0.717) is 5.56 Å². The number of carbonyl (C=O) groups is 2. The van der Waals surface area contributed by atoms with Crippen molar-refractivity contribution in [1.29, 1.82) is 0 Å². The molecule has 3 nitrogen and oxygen atoms in total. The molecule has 0 spiro atoms. The Bertz CT molecular complexity index is 427. The number of rotatable bonds is 3.